The summed E-state index contributed by atoms with van der Waals surface area (Å²) in [5.41, 5.74) is 11.1. The van der Waals surface area contributed by atoms with E-state index in [-0.39, 0.29) is 11.7 Å². The van der Waals surface area contributed by atoms with Gasteiger partial charge in [-0.1, -0.05) is 24.3 Å². The molecule has 5 aliphatic rings. The van der Waals surface area contributed by atoms with Crippen molar-refractivity contribution in [3.05, 3.63) is 70.1 Å². The summed E-state index contributed by atoms with van der Waals surface area (Å²) in [7, 11) is 2.08. The zero-order valence-electron chi connectivity index (χ0n) is 19.4. The maximum absolute atomic E-state index is 14.5. The van der Waals surface area contributed by atoms with Crippen LogP contribution in [0.4, 0.5) is 4.39 Å². The SMILES string of the molecule is CN1C=C2C(=C(C3=CCN([C@H]4CC[C@@H](C(=O)O)CC4)CC3)C1)NN=C1C=C(F)c3cccc2c31. The zero-order chi connectivity index (χ0) is 23.4. The molecular formula is C27H29FN4O2. The minimum atomic E-state index is -0.647. The lowest BCUT2D eigenvalue weighted by molar-refractivity contribution is -0.143. The van der Waals surface area contributed by atoms with Gasteiger partial charge in [-0.15, -0.1) is 0 Å². The second-order valence-corrected chi connectivity index (χ2v) is 9.96. The third-order valence-electron chi connectivity index (χ3n) is 7.94. The second-order valence-electron chi connectivity index (χ2n) is 9.96. The lowest BCUT2D eigenvalue weighted by atomic mass is 9.84. The van der Waals surface area contributed by atoms with E-state index >= 15 is 0 Å². The highest BCUT2D eigenvalue weighted by molar-refractivity contribution is 6.21. The van der Waals surface area contributed by atoms with E-state index in [0.717, 1.165) is 74.1 Å². The number of hydrazone groups is 1. The van der Waals surface area contributed by atoms with Crippen LogP contribution in [0.5, 0.6) is 0 Å². The van der Waals surface area contributed by atoms with Gasteiger partial charge in [0.2, 0.25) is 0 Å². The van der Waals surface area contributed by atoms with E-state index in [1.807, 2.05) is 12.1 Å². The van der Waals surface area contributed by atoms with Gasteiger partial charge in [0.05, 0.1) is 17.3 Å². The van der Waals surface area contributed by atoms with Crippen LogP contribution in [0.2, 0.25) is 0 Å². The average Bonchev–Trinajstić information content (AvgIpc) is 3.09. The predicted molar refractivity (Wildman–Crippen MR) is 130 cm³/mol. The van der Waals surface area contributed by atoms with Crippen molar-refractivity contribution in [2.24, 2.45) is 11.0 Å². The summed E-state index contributed by atoms with van der Waals surface area (Å²) in [5.74, 6) is -1.05. The van der Waals surface area contributed by atoms with E-state index in [1.165, 1.54) is 17.2 Å². The fourth-order valence-electron chi connectivity index (χ4n) is 6.12. The van der Waals surface area contributed by atoms with Crippen molar-refractivity contribution in [2.45, 2.75) is 38.1 Å². The summed E-state index contributed by atoms with van der Waals surface area (Å²) < 4.78 is 14.5. The molecule has 7 heteroatoms. The molecule has 176 valence electrons. The van der Waals surface area contributed by atoms with Crippen LogP contribution < -0.4 is 5.43 Å². The molecule has 0 radical (unpaired) electrons. The lowest BCUT2D eigenvalue weighted by Crippen LogP contribution is -2.42. The number of nitrogens with zero attached hydrogens (tertiary/aromatic N) is 3. The number of allylic oxidation sites excluding steroid dienone is 2. The van der Waals surface area contributed by atoms with Crippen LogP contribution in [-0.2, 0) is 4.79 Å². The minimum Gasteiger partial charge on any atom is -0.481 e. The molecule has 2 aliphatic carbocycles. The summed E-state index contributed by atoms with van der Waals surface area (Å²) in [6.07, 6.45) is 10.4. The third-order valence-corrected chi connectivity index (χ3v) is 7.94. The first kappa shape index (κ1) is 21.4. The molecule has 34 heavy (non-hydrogen) atoms. The number of hydrogen-bond acceptors (Lipinski definition) is 5. The Kier molecular flexibility index (Phi) is 5.17. The van der Waals surface area contributed by atoms with Crippen molar-refractivity contribution in [2.75, 3.05) is 26.7 Å². The number of carbonyl (C=O) groups is 1. The molecule has 1 aromatic carbocycles. The standard InChI is InChI=1S/C27H29FN4O2/c1-31-14-21(16-9-11-32(12-10-16)18-7-5-17(6-8-18)27(33)34)26-22(15-31)19-3-2-4-20-23(28)13-24(25(19)20)29-30-26/h2-4,9,13,15,17-18,30H,5-8,10-12,14H2,1H3,(H,33,34)/t17-,18+. The first-order chi connectivity index (χ1) is 16.5. The summed E-state index contributed by atoms with van der Waals surface area (Å²) in [5, 5.41) is 13.9. The first-order valence-electron chi connectivity index (χ1n) is 12.2. The van der Waals surface area contributed by atoms with E-state index in [2.05, 4.69) is 45.7 Å². The summed E-state index contributed by atoms with van der Waals surface area (Å²) >= 11 is 0. The van der Waals surface area contributed by atoms with Crippen LogP contribution in [-0.4, -0.2) is 59.3 Å². The van der Waals surface area contributed by atoms with Gasteiger partial charge < -0.3 is 10.0 Å². The summed E-state index contributed by atoms with van der Waals surface area (Å²) in [4.78, 5) is 16.0. The molecular weight excluding hydrogens is 431 g/mol. The molecule has 1 saturated carbocycles. The van der Waals surface area contributed by atoms with Gasteiger partial charge in [-0.2, -0.15) is 5.10 Å². The number of hydrogen-bond donors (Lipinski definition) is 2. The van der Waals surface area contributed by atoms with Gasteiger partial charge in [0.15, 0.2) is 0 Å². The van der Waals surface area contributed by atoms with E-state index in [0.29, 0.717) is 17.3 Å². The molecule has 0 spiro atoms. The quantitative estimate of drug-likeness (QED) is 0.710. The molecule has 6 rings (SSSR count). The molecule has 2 N–H and O–H groups in total. The van der Waals surface area contributed by atoms with Crippen molar-refractivity contribution < 1.29 is 14.3 Å². The van der Waals surface area contributed by atoms with Gasteiger partial charge in [-0.3, -0.25) is 15.1 Å². The van der Waals surface area contributed by atoms with Crippen LogP contribution in [0, 0.1) is 5.92 Å². The van der Waals surface area contributed by atoms with Crippen molar-refractivity contribution >= 4 is 23.1 Å². The smallest absolute Gasteiger partial charge is 0.306 e. The number of benzene rings is 1. The minimum absolute atomic E-state index is 0.174. The Morgan fingerprint density at radius 3 is 2.74 bits per heavy atom. The van der Waals surface area contributed by atoms with Gasteiger partial charge >= 0.3 is 5.97 Å². The van der Waals surface area contributed by atoms with E-state index in [1.54, 1.807) is 0 Å². The van der Waals surface area contributed by atoms with Crippen LogP contribution in [0.15, 0.2) is 58.5 Å². The van der Waals surface area contributed by atoms with Gasteiger partial charge in [-0.05, 0) is 43.2 Å². The molecule has 0 aromatic heterocycles. The van der Waals surface area contributed by atoms with Crippen molar-refractivity contribution in [1.82, 2.24) is 15.2 Å². The van der Waals surface area contributed by atoms with E-state index in [4.69, 9.17) is 0 Å². The first-order valence-corrected chi connectivity index (χ1v) is 12.2. The zero-order valence-corrected chi connectivity index (χ0v) is 19.4. The maximum atomic E-state index is 14.5. The number of aliphatic carboxylic acids is 1. The van der Waals surface area contributed by atoms with Crippen LogP contribution in [0.3, 0.4) is 0 Å². The van der Waals surface area contributed by atoms with Crippen molar-refractivity contribution in [3.63, 3.8) is 0 Å². The fraction of sp³-hybridized carbons (Fsp3) is 0.407. The lowest BCUT2D eigenvalue weighted by Gasteiger charge is -2.38. The Morgan fingerprint density at radius 2 is 2.00 bits per heavy atom. The number of rotatable bonds is 3. The number of carboxylic acid groups (broad SMARTS) is 1. The fourth-order valence-corrected chi connectivity index (χ4v) is 6.12. The highest BCUT2D eigenvalue weighted by atomic mass is 19.1. The maximum Gasteiger partial charge on any atom is 0.306 e. The number of nitrogens with one attached hydrogen (secondary N) is 1. The van der Waals surface area contributed by atoms with Gasteiger partial charge in [-0.25, -0.2) is 4.39 Å². The molecule has 0 atom stereocenters. The highest BCUT2D eigenvalue weighted by Crippen LogP contribution is 2.41. The largest absolute Gasteiger partial charge is 0.481 e. The average molecular weight is 461 g/mol. The Morgan fingerprint density at radius 1 is 1.21 bits per heavy atom. The van der Waals surface area contributed by atoms with Crippen LogP contribution in [0.25, 0.3) is 11.4 Å². The molecule has 0 amide bonds. The molecule has 0 unspecified atom stereocenters. The molecule has 0 bridgehead atoms. The Hall–Kier alpha value is -3.19. The van der Waals surface area contributed by atoms with Crippen LogP contribution >= 0.6 is 0 Å². The van der Waals surface area contributed by atoms with Gasteiger partial charge in [0, 0.05) is 67.3 Å². The second kappa shape index (κ2) is 8.24. The van der Waals surface area contributed by atoms with Gasteiger partial charge in [0.1, 0.15) is 5.83 Å². The van der Waals surface area contributed by atoms with Crippen LogP contribution in [0.1, 0.15) is 48.8 Å². The molecule has 3 aliphatic heterocycles. The number of likely N-dealkylation sites (N-methyl/N-ethyl adjacent to an activating group) is 1. The number of carboxylic acids is 1. The Bertz CT molecular complexity index is 1220. The third kappa shape index (κ3) is 3.50. The van der Waals surface area contributed by atoms with E-state index < -0.39 is 5.97 Å². The summed E-state index contributed by atoms with van der Waals surface area (Å²) in [6, 6.07) is 6.27. The van der Waals surface area contributed by atoms with Crippen molar-refractivity contribution in [3.8, 4) is 0 Å². The normalized spacial score (nSPS) is 26.5. The topological polar surface area (TPSA) is 68.2 Å². The van der Waals surface area contributed by atoms with Crippen molar-refractivity contribution in [1.29, 1.82) is 0 Å². The Balaban J connectivity index is 1.28. The molecule has 3 heterocycles. The number of fused-ring (bicyclic) bond motifs is 2. The van der Waals surface area contributed by atoms with E-state index in [9.17, 15) is 14.3 Å². The highest BCUT2D eigenvalue weighted by Gasteiger charge is 2.33. The monoisotopic (exact) mass is 460 g/mol. The number of halogens is 1. The molecule has 1 fully saturated rings. The summed E-state index contributed by atoms with van der Waals surface area (Å²) in [6.45, 7) is 2.67. The Labute approximate surface area is 198 Å². The van der Waals surface area contributed by atoms with Gasteiger partial charge in [0.25, 0.3) is 0 Å². The molecule has 6 nitrogen and oxygen atoms in total. The molecule has 1 aromatic rings. The molecule has 0 saturated heterocycles. The predicted octanol–water partition coefficient (Wildman–Crippen LogP) is 4.13.